The monoisotopic (exact) mass is 255 g/mol. The highest BCUT2D eigenvalue weighted by Crippen LogP contribution is 2.38. The third-order valence-electron chi connectivity index (χ3n) is 1.73. The summed E-state index contributed by atoms with van der Waals surface area (Å²) in [4.78, 5) is 8.41. The van der Waals surface area contributed by atoms with Crippen molar-refractivity contribution in [2.75, 3.05) is 20.0 Å². The fourth-order valence-electron chi connectivity index (χ4n) is 1.08. The molecule has 0 atom stereocenters. The Morgan fingerprint density at radius 2 is 1.82 bits per heavy atom. The van der Waals surface area contributed by atoms with Crippen molar-refractivity contribution in [2.45, 2.75) is 10.1 Å². The largest absolute Gasteiger partial charge is 0.480 e. The molecule has 0 saturated carbocycles. The summed E-state index contributed by atoms with van der Waals surface area (Å²) in [7, 11) is 2.95. The van der Waals surface area contributed by atoms with E-state index in [0.29, 0.717) is 21.8 Å². The molecule has 90 valence electrons. The second-order valence-corrected chi connectivity index (χ2v) is 3.70. The molecule has 0 bridgehead atoms. The number of nitrogens with zero attached hydrogens (tertiary/aromatic N) is 5. The van der Waals surface area contributed by atoms with E-state index in [1.165, 1.54) is 14.2 Å². The number of aromatic nitrogens is 6. The predicted molar refractivity (Wildman–Crippen MR) is 57.8 cm³/mol. The Morgan fingerprint density at radius 1 is 1.18 bits per heavy atom. The lowest BCUT2D eigenvalue weighted by Crippen LogP contribution is -2.02. The third-order valence-corrected chi connectivity index (χ3v) is 2.64. The summed E-state index contributed by atoms with van der Waals surface area (Å²) in [5.41, 5.74) is 5.51. The third kappa shape index (κ3) is 2.36. The van der Waals surface area contributed by atoms with E-state index in [1.54, 1.807) is 0 Å². The number of rotatable bonds is 4. The van der Waals surface area contributed by atoms with Gasteiger partial charge in [0.1, 0.15) is 4.90 Å². The molecule has 2 aromatic heterocycles. The van der Waals surface area contributed by atoms with Crippen molar-refractivity contribution in [3.05, 3.63) is 0 Å². The van der Waals surface area contributed by atoms with Gasteiger partial charge in [-0.05, 0) is 17.0 Å². The van der Waals surface area contributed by atoms with Gasteiger partial charge in [0.25, 0.3) is 0 Å². The molecule has 0 amide bonds. The fourth-order valence-corrected chi connectivity index (χ4v) is 1.86. The zero-order chi connectivity index (χ0) is 12.3. The van der Waals surface area contributed by atoms with E-state index in [-0.39, 0.29) is 5.95 Å². The average Bonchev–Trinajstić information content (AvgIpc) is 2.83. The van der Waals surface area contributed by atoms with Crippen LogP contribution in [0.2, 0.25) is 0 Å². The molecule has 2 rings (SSSR count). The topological polar surface area (TPSA) is 125 Å². The Hall–Kier alpha value is -2.10. The number of H-pyrrole nitrogens is 1. The number of ether oxygens (including phenoxy) is 2. The van der Waals surface area contributed by atoms with E-state index >= 15 is 0 Å². The van der Waals surface area contributed by atoms with Gasteiger partial charge in [0.05, 0.1) is 14.2 Å². The first-order chi connectivity index (χ1) is 8.24. The number of nitrogens with two attached hydrogens (primary N) is 1. The van der Waals surface area contributed by atoms with Crippen LogP contribution < -0.4 is 15.2 Å². The maximum atomic E-state index is 5.51. The molecule has 3 N–H and O–H groups in total. The summed E-state index contributed by atoms with van der Waals surface area (Å²) in [5, 5.41) is 13.8. The molecule has 0 aliphatic heterocycles. The lowest BCUT2D eigenvalue weighted by Gasteiger charge is -2.09. The number of tetrazole rings is 1. The number of methoxy groups -OCH3 is 2. The number of aromatic amines is 1. The molecule has 10 heteroatoms. The SMILES string of the molecule is COc1nc(N)nc(OC)c1Sc1nn[nH]n1. The van der Waals surface area contributed by atoms with E-state index in [0.717, 1.165) is 11.8 Å². The summed E-state index contributed by atoms with van der Waals surface area (Å²) in [6, 6.07) is 0. The van der Waals surface area contributed by atoms with Gasteiger partial charge >= 0.3 is 0 Å². The minimum absolute atomic E-state index is 0.0659. The first-order valence-electron chi connectivity index (χ1n) is 4.41. The molecule has 0 unspecified atom stereocenters. The summed E-state index contributed by atoms with van der Waals surface area (Å²) in [5.74, 6) is 0.657. The molecule has 0 radical (unpaired) electrons. The number of anilines is 1. The Balaban J connectivity index is 2.42. The van der Waals surface area contributed by atoms with Crippen molar-refractivity contribution in [3.8, 4) is 11.8 Å². The molecule has 2 heterocycles. The van der Waals surface area contributed by atoms with Crippen molar-refractivity contribution < 1.29 is 9.47 Å². The molecule has 17 heavy (non-hydrogen) atoms. The standard InChI is InChI=1S/C7H9N7O2S/c1-15-4-3(17-7-11-13-14-12-7)5(16-2)10-6(8)9-4/h1-2H3,(H2,8,9,10)(H,11,12,13,14). The molecule has 0 aromatic carbocycles. The first-order valence-corrected chi connectivity index (χ1v) is 5.23. The summed E-state index contributed by atoms with van der Waals surface area (Å²) in [6.45, 7) is 0. The van der Waals surface area contributed by atoms with E-state index in [4.69, 9.17) is 15.2 Å². The van der Waals surface area contributed by atoms with Crippen LogP contribution in [0.5, 0.6) is 11.8 Å². The van der Waals surface area contributed by atoms with Gasteiger partial charge in [-0.15, -0.1) is 10.2 Å². The van der Waals surface area contributed by atoms with Crippen molar-refractivity contribution >= 4 is 17.7 Å². The zero-order valence-corrected chi connectivity index (χ0v) is 9.85. The van der Waals surface area contributed by atoms with Crippen LogP contribution in [-0.4, -0.2) is 44.8 Å². The number of hydrogen-bond donors (Lipinski definition) is 2. The van der Waals surface area contributed by atoms with Gasteiger partial charge in [0, 0.05) is 0 Å². The predicted octanol–water partition coefficient (Wildman–Crippen LogP) is -0.260. The molecule has 0 aliphatic rings. The Labute approximate surface area is 100 Å². The summed E-state index contributed by atoms with van der Waals surface area (Å²) >= 11 is 1.16. The zero-order valence-electron chi connectivity index (χ0n) is 9.04. The van der Waals surface area contributed by atoms with Gasteiger partial charge in [-0.25, -0.2) is 0 Å². The van der Waals surface area contributed by atoms with E-state index in [9.17, 15) is 0 Å². The van der Waals surface area contributed by atoms with Crippen molar-refractivity contribution in [3.63, 3.8) is 0 Å². The molecule has 0 aliphatic carbocycles. The summed E-state index contributed by atoms with van der Waals surface area (Å²) in [6.07, 6.45) is 0. The second-order valence-electron chi connectivity index (χ2n) is 2.73. The lowest BCUT2D eigenvalue weighted by atomic mass is 10.6. The maximum Gasteiger partial charge on any atom is 0.236 e. The Kier molecular flexibility index (Phi) is 3.23. The van der Waals surface area contributed by atoms with Crippen molar-refractivity contribution in [1.82, 2.24) is 30.6 Å². The van der Waals surface area contributed by atoms with E-state index < -0.39 is 0 Å². The minimum atomic E-state index is 0.0659. The fraction of sp³-hybridized carbons (Fsp3) is 0.286. The number of nitrogen functional groups attached to an aromatic ring is 1. The van der Waals surface area contributed by atoms with Crippen molar-refractivity contribution in [2.24, 2.45) is 0 Å². The Bertz CT molecular complexity index is 478. The van der Waals surface area contributed by atoms with Crippen LogP contribution in [0.25, 0.3) is 0 Å². The van der Waals surface area contributed by atoms with Crippen LogP contribution in [-0.2, 0) is 0 Å². The van der Waals surface area contributed by atoms with E-state index in [2.05, 4.69) is 30.6 Å². The lowest BCUT2D eigenvalue weighted by molar-refractivity contribution is 0.354. The summed E-state index contributed by atoms with van der Waals surface area (Å²) < 4.78 is 10.2. The van der Waals surface area contributed by atoms with Crippen LogP contribution in [0.3, 0.4) is 0 Å². The van der Waals surface area contributed by atoms with Crippen LogP contribution in [0, 0.1) is 0 Å². The molecule has 9 nitrogen and oxygen atoms in total. The van der Waals surface area contributed by atoms with Crippen LogP contribution in [0.15, 0.2) is 10.1 Å². The van der Waals surface area contributed by atoms with Gasteiger partial charge in [-0.2, -0.15) is 15.2 Å². The maximum absolute atomic E-state index is 5.51. The van der Waals surface area contributed by atoms with Gasteiger partial charge in [0.15, 0.2) is 0 Å². The van der Waals surface area contributed by atoms with Gasteiger partial charge in [-0.3, -0.25) is 0 Å². The van der Waals surface area contributed by atoms with Gasteiger partial charge < -0.3 is 15.2 Å². The highest BCUT2D eigenvalue weighted by Gasteiger charge is 2.18. The van der Waals surface area contributed by atoms with Gasteiger partial charge in [-0.1, -0.05) is 0 Å². The molecular formula is C7H9N7O2S. The molecule has 2 aromatic rings. The quantitative estimate of drug-likeness (QED) is 0.759. The van der Waals surface area contributed by atoms with Crippen LogP contribution in [0.4, 0.5) is 5.95 Å². The average molecular weight is 255 g/mol. The van der Waals surface area contributed by atoms with E-state index in [1.807, 2.05) is 0 Å². The van der Waals surface area contributed by atoms with Crippen LogP contribution >= 0.6 is 11.8 Å². The van der Waals surface area contributed by atoms with Crippen LogP contribution in [0.1, 0.15) is 0 Å². The normalized spacial score (nSPS) is 10.2. The second kappa shape index (κ2) is 4.82. The Morgan fingerprint density at radius 3 is 2.29 bits per heavy atom. The number of hydrogen-bond acceptors (Lipinski definition) is 9. The number of nitrogens with one attached hydrogen (secondary N) is 1. The highest BCUT2D eigenvalue weighted by molar-refractivity contribution is 7.99. The molecular weight excluding hydrogens is 246 g/mol. The smallest absolute Gasteiger partial charge is 0.236 e. The first kappa shape index (κ1) is 11.4. The highest BCUT2D eigenvalue weighted by atomic mass is 32.2. The molecule has 0 saturated heterocycles. The molecule has 0 fully saturated rings. The molecule has 0 spiro atoms. The minimum Gasteiger partial charge on any atom is -0.480 e. The van der Waals surface area contributed by atoms with Gasteiger partial charge in [0.2, 0.25) is 22.9 Å². The van der Waals surface area contributed by atoms with Crippen molar-refractivity contribution in [1.29, 1.82) is 0 Å².